The van der Waals surface area contributed by atoms with E-state index in [-0.39, 0.29) is 12.0 Å². The molecule has 1 aliphatic rings. The highest BCUT2D eigenvalue weighted by Crippen LogP contribution is 2.24. The molecule has 3 rings (SSSR count). The number of amides is 1. The molecular formula is C17H18N2O3S. The van der Waals surface area contributed by atoms with E-state index in [2.05, 4.69) is 10.5 Å². The van der Waals surface area contributed by atoms with Gasteiger partial charge in [-0.15, -0.1) is 0 Å². The predicted molar refractivity (Wildman–Crippen MR) is 89.3 cm³/mol. The number of pyridine rings is 1. The number of rotatable bonds is 6. The molecule has 0 radical (unpaired) electrons. The maximum atomic E-state index is 12.3. The molecule has 6 heteroatoms. The first-order valence-corrected chi connectivity index (χ1v) is 8.64. The molecule has 0 spiro atoms. The summed E-state index contributed by atoms with van der Waals surface area (Å²) < 4.78 is 5.84. The molecule has 5 nitrogen and oxygen atoms in total. The minimum absolute atomic E-state index is 0.117. The highest BCUT2D eigenvalue weighted by molar-refractivity contribution is 7.99. The monoisotopic (exact) mass is 330 g/mol. The Labute approximate surface area is 139 Å². The quantitative estimate of drug-likeness (QED) is 0.825. The zero-order chi connectivity index (χ0) is 15.9. The third kappa shape index (κ3) is 4.46. The van der Waals surface area contributed by atoms with Crippen LogP contribution in [0.3, 0.4) is 0 Å². The van der Waals surface area contributed by atoms with Gasteiger partial charge in [-0.1, -0.05) is 30.3 Å². The molecule has 2 heterocycles. The van der Waals surface area contributed by atoms with Crippen molar-refractivity contribution in [3.8, 4) is 5.88 Å². The van der Waals surface area contributed by atoms with Crippen LogP contribution in [0, 0.1) is 0 Å². The Morgan fingerprint density at radius 2 is 2.13 bits per heavy atom. The molecule has 1 aliphatic heterocycles. The topological polar surface area (TPSA) is 60.5 Å². The van der Waals surface area contributed by atoms with Crippen LogP contribution >= 0.6 is 11.8 Å². The molecule has 0 saturated carbocycles. The fraction of sp³-hybridized carbons (Fsp3) is 0.294. The zero-order valence-electron chi connectivity index (χ0n) is 12.6. The highest BCUT2D eigenvalue weighted by atomic mass is 32.2. The SMILES string of the molecule is O=C(NOCc1ccccc1)c1cccnc1OC1CCSC1. The molecule has 1 fully saturated rings. The van der Waals surface area contributed by atoms with Crippen molar-refractivity contribution in [3.63, 3.8) is 0 Å². The summed E-state index contributed by atoms with van der Waals surface area (Å²) >= 11 is 1.85. The van der Waals surface area contributed by atoms with E-state index >= 15 is 0 Å². The molecule has 1 N–H and O–H groups in total. The van der Waals surface area contributed by atoms with E-state index in [0.717, 1.165) is 23.5 Å². The van der Waals surface area contributed by atoms with Crippen molar-refractivity contribution in [2.75, 3.05) is 11.5 Å². The van der Waals surface area contributed by atoms with Crippen LogP contribution in [0.1, 0.15) is 22.3 Å². The summed E-state index contributed by atoms with van der Waals surface area (Å²) in [6.45, 7) is 0.308. The largest absolute Gasteiger partial charge is 0.473 e. The molecule has 0 bridgehead atoms. The van der Waals surface area contributed by atoms with Crippen molar-refractivity contribution in [1.82, 2.24) is 10.5 Å². The second kappa shape index (κ2) is 7.99. The first kappa shape index (κ1) is 15.8. The fourth-order valence-corrected chi connectivity index (χ4v) is 3.33. The lowest BCUT2D eigenvalue weighted by Crippen LogP contribution is -2.25. The molecule has 120 valence electrons. The number of benzene rings is 1. The average Bonchev–Trinajstić information content (AvgIpc) is 3.09. The minimum Gasteiger partial charge on any atom is -0.473 e. The van der Waals surface area contributed by atoms with Gasteiger partial charge in [-0.3, -0.25) is 9.63 Å². The van der Waals surface area contributed by atoms with E-state index in [0.29, 0.717) is 18.1 Å². The van der Waals surface area contributed by atoms with Gasteiger partial charge in [0.15, 0.2) is 0 Å². The number of nitrogens with one attached hydrogen (secondary N) is 1. The van der Waals surface area contributed by atoms with Gasteiger partial charge in [0.05, 0.1) is 6.61 Å². The molecule has 1 atom stereocenters. The van der Waals surface area contributed by atoms with Crippen LogP contribution in [0.15, 0.2) is 48.7 Å². The Morgan fingerprint density at radius 1 is 1.26 bits per heavy atom. The molecule has 23 heavy (non-hydrogen) atoms. The van der Waals surface area contributed by atoms with Gasteiger partial charge >= 0.3 is 0 Å². The third-order valence-corrected chi connectivity index (χ3v) is 4.56. The molecule has 1 amide bonds. The summed E-state index contributed by atoms with van der Waals surface area (Å²) in [6, 6.07) is 13.0. The van der Waals surface area contributed by atoms with Gasteiger partial charge in [0.2, 0.25) is 5.88 Å². The average molecular weight is 330 g/mol. The summed E-state index contributed by atoms with van der Waals surface area (Å²) in [4.78, 5) is 21.7. The molecule has 1 unspecified atom stereocenters. The Hall–Kier alpha value is -2.05. The summed E-state index contributed by atoms with van der Waals surface area (Å²) in [5, 5.41) is 0. The van der Waals surface area contributed by atoms with Crippen LogP contribution in [0.25, 0.3) is 0 Å². The number of thioether (sulfide) groups is 1. The Kier molecular flexibility index (Phi) is 5.50. The van der Waals surface area contributed by atoms with Gasteiger partial charge in [-0.2, -0.15) is 11.8 Å². The van der Waals surface area contributed by atoms with Crippen molar-refractivity contribution in [1.29, 1.82) is 0 Å². The normalized spacial score (nSPS) is 17.0. The number of ether oxygens (including phenoxy) is 1. The lowest BCUT2D eigenvalue weighted by Gasteiger charge is -2.14. The lowest BCUT2D eigenvalue weighted by atomic mass is 10.2. The fourth-order valence-electron chi connectivity index (χ4n) is 2.24. The highest BCUT2D eigenvalue weighted by Gasteiger charge is 2.21. The van der Waals surface area contributed by atoms with Crippen molar-refractivity contribution in [2.24, 2.45) is 0 Å². The molecule has 1 aromatic carbocycles. The van der Waals surface area contributed by atoms with Crippen LogP contribution in [-0.4, -0.2) is 28.5 Å². The molecule has 1 saturated heterocycles. The third-order valence-electron chi connectivity index (χ3n) is 3.43. The molecule has 1 aromatic heterocycles. The van der Waals surface area contributed by atoms with Crippen molar-refractivity contribution in [3.05, 3.63) is 59.8 Å². The Bertz CT molecular complexity index is 645. The minimum atomic E-state index is -0.352. The number of carbonyl (C=O) groups excluding carboxylic acids is 1. The second-order valence-corrected chi connectivity index (χ2v) is 6.31. The molecule has 0 aliphatic carbocycles. The van der Waals surface area contributed by atoms with Crippen LogP contribution < -0.4 is 10.2 Å². The number of hydrogen-bond donors (Lipinski definition) is 1. The van der Waals surface area contributed by atoms with Gasteiger partial charge in [0, 0.05) is 11.9 Å². The van der Waals surface area contributed by atoms with Crippen LogP contribution in [0.2, 0.25) is 0 Å². The van der Waals surface area contributed by atoms with E-state index < -0.39 is 0 Å². The summed E-state index contributed by atoms with van der Waals surface area (Å²) in [5.41, 5.74) is 3.82. The second-order valence-electron chi connectivity index (χ2n) is 5.17. The Morgan fingerprint density at radius 3 is 2.91 bits per heavy atom. The Balaban J connectivity index is 1.58. The van der Waals surface area contributed by atoms with E-state index in [4.69, 9.17) is 9.57 Å². The van der Waals surface area contributed by atoms with Crippen molar-refractivity contribution in [2.45, 2.75) is 19.1 Å². The van der Waals surface area contributed by atoms with Crippen LogP contribution in [0.5, 0.6) is 5.88 Å². The van der Waals surface area contributed by atoms with E-state index in [9.17, 15) is 4.79 Å². The maximum Gasteiger partial charge on any atom is 0.280 e. The standard InChI is InChI=1S/C17H18N2O3S/c20-16(19-21-11-13-5-2-1-3-6-13)15-7-4-9-18-17(15)22-14-8-10-23-12-14/h1-7,9,14H,8,10-12H2,(H,19,20). The zero-order valence-corrected chi connectivity index (χ0v) is 13.4. The smallest absolute Gasteiger partial charge is 0.280 e. The lowest BCUT2D eigenvalue weighted by molar-refractivity contribution is 0.0229. The van der Waals surface area contributed by atoms with Gasteiger partial charge in [-0.05, 0) is 29.9 Å². The maximum absolute atomic E-state index is 12.3. The van der Waals surface area contributed by atoms with Gasteiger partial charge in [0.25, 0.3) is 5.91 Å². The predicted octanol–water partition coefficient (Wildman–Crippen LogP) is 2.83. The van der Waals surface area contributed by atoms with Gasteiger partial charge in [0.1, 0.15) is 11.7 Å². The number of hydroxylamine groups is 1. The van der Waals surface area contributed by atoms with Crippen molar-refractivity contribution < 1.29 is 14.4 Å². The summed E-state index contributed by atoms with van der Waals surface area (Å²) in [6.07, 6.45) is 2.72. The van der Waals surface area contributed by atoms with Crippen LogP contribution in [0.4, 0.5) is 0 Å². The number of nitrogens with zero attached hydrogens (tertiary/aromatic N) is 1. The van der Waals surface area contributed by atoms with Gasteiger partial charge < -0.3 is 4.74 Å². The first-order valence-electron chi connectivity index (χ1n) is 7.48. The van der Waals surface area contributed by atoms with E-state index in [1.165, 1.54) is 0 Å². The molecular weight excluding hydrogens is 312 g/mol. The van der Waals surface area contributed by atoms with Crippen LogP contribution in [-0.2, 0) is 11.4 Å². The summed E-state index contributed by atoms with van der Waals surface area (Å²) in [7, 11) is 0. The van der Waals surface area contributed by atoms with Crippen molar-refractivity contribution >= 4 is 17.7 Å². The van der Waals surface area contributed by atoms with Gasteiger partial charge in [-0.25, -0.2) is 10.5 Å². The number of carbonyl (C=O) groups is 1. The first-order chi connectivity index (χ1) is 11.3. The van der Waals surface area contributed by atoms with E-state index in [1.807, 2.05) is 42.1 Å². The molecule has 2 aromatic rings. The number of aromatic nitrogens is 1. The van der Waals surface area contributed by atoms with E-state index in [1.54, 1.807) is 18.3 Å². The number of hydrogen-bond acceptors (Lipinski definition) is 5. The summed E-state index contributed by atoms with van der Waals surface area (Å²) in [5.74, 6) is 2.02.